The van der Waals surface area contributed by atoms with Crippen molar-refractivity contribution in [3.8, 4) is 11.3 Å². The van der Waals surface area contributed by atoms with Crippen LogP contribution in [-0.4, -0.2) is 36.4 Å². The van der Waals surface area contributed by atoms with Gasteiger partial charge in [-0.05, 0) is 42.2 Å². The largest absolute Gasteiger partial charge is 0.339 e. The molecule has 3 aromatic rings. The third-order valence-electron chi connectivity index (χ3n) is 4.53. The lowest BCUT2D eigenvalue weighted by molar-refractivity contribution is 0.598. The molecule has 11 heteroatoms. The van der Waals surface area contributed by atoms with Crippen molar-refractivity contribution < 1.29 is 8.42 Å². The number of nitrogens with two attached hydrogens (primary N) is 2. The number of aromatic nitrogens is 1. The number of hydrogen-bond donors (Lipinski definition) is 4. The maximum atomic E-state index is 12.7. The van der Waals surface area contributed by atoms with Crippen LogP contribution in [0, 0.1) is 0 Å². The maximum absolute atomic E-state index is 12.7. The van der Waals surface area contributed by atoms with E-state index in [9.17, 15) is 8.42 Å². The van der Waals surface area contributed by atoms with Gasteiger partial charge in [0.05, 0.1) is 11.2 Å². The molecule has 0 bridgehead atoms. The molecular formula is C18H18N6O2S3. The van der Waals surface area contributed by atoms with Crippen LogP contribution in [0.25, 0.3) is 22.2 Å². The second-order valence-corrected chi connectivity index (χ2v) is 9.13. The molecule has 1 unspecified atom stereocenters. The first-order chi connectivity index (χ1) is 13.8. The van der Waals surface area contributed by atoms with E-state index in [1.807, 2.05) is 54.8 Å². The van der Waals surface area contributed by atoms with Crippen LogP contribution < -0.4 is 21.6 Å². The van der Waals surface area contributed by atoms with Gasteiger partial charge in [0.15, 0.2) is 10.9 Å². The summed E-state index contributed by atoms with van der Waals surface area (Å²) >= 11 is 6.58. The summed E-state index contributed by atoms with van der Waals surface area (Å²) in [7, 11) is -4.07. The topological polar surface area (TPSA) is 128 Å². The van der Waals surface area contributed by atoms with Crippen molar-refractivity contribution in [1.29, 1.82) is 0 Å². The van der Waals surface area contributed by atoms with E-state index in [0.717, 1.165) is 4.90 Å². The van der Waals surface area contributed by atoms with Gasteiger partial charge in [-0.2, -0.15) is 5.10 Å². The number of hydrazone groups is 1. The molecule has 1 atom stereocenters. The molecule has 1 aliphatic heterocycles. The van der Waals surface area contributed by atoms with Crippen LogP contribution in [-0.2, 0) is 10.0 Å². The predicted molar refractivity (Wildman–Crippen MR) is 120 cm³/mol. The quantitative estimate of drug-likeness (QED) is 0.355. The van der Waals surface area contributed by atoms with Crippen molar-refractivity contribution in [2.75, 3.05) is 6.26 Å². The summed E-state index contributed by atoms with van der Waals surface area (Å²) in [5.74, 6) is 0.370. The van der Waals surface area contributed by atoms with Crippen molar-refractivity contribution in [3.63, 3.8) is 0 Å². The van der Waals surface area contributed by atoms with Gasteiger partial charge in [0.2, 0.25) is 10.0 Å². The standard InChI is InChI=1S/C18H18N6O2S3/c1-28-11-7-8-13-12(9-11)15(29(20,25)26)14(10-5-3-2-4-6-10)24(13)17-16(19)21-18(27)23-22-17/h2-9,16H,19H2,1H3,(H2,20,25,26)(H2,21,23,27). The zero-order chi connectivity index (χ0) is 20.8. The second kappa shape index (κ2) is 7.43. The van der Waals surface area contributed by atoms with E-state index in [1.54, 1.807) is 4.57 Å². The maximum Gasteiger partial charge on any atom is 0.240 e. The van der Waals surface area contributed by atoms with E-state index in [1.165, 1.54) is 11.8 Å². The summed E-state index contributed by atoms with van der Waals surface area (Å²) in [4.78, 5) is 0.934. The number of nitrogens with one attached hydrogen (secondary N) is 2. The lowest BCUT2D eigenvalue weighted by atomic mass is 10.1. The summed E-state index contributed by atoms with van der Waals surface area (Å²) in [6.45, 7) is 0. The molecule has 29 heavy (non-hydrogen) atoms. The highest BCUT2D eigenvalue weighted by Gasteiger charge is 2.31. The van der Waals surface area contributed by atoms with Crippen LogP contribution in [0.2, 0.25) is 0 Å². The van der Waals surface area contributed by atoms with Crippen LogP contribution in [0.15, 0.2) is 63.4 Å². The van der Waals surface area contributed by atoms with Crippen molar-refractivity contribution >= 4 is 55.9 Å². The zero-order valence-electron chi connectivity index (χ0n) is 15.3. The Morgan fingerprint density at radius 1 is 1.21 bits per heavy atom. The molecule has 1 aliphatic rings. The molecule has 1 aromatic heterocycles. The van der Waals surface area contributed by atoms with E-state index in [-0.39, 0.29) is 10.0 Å². The smallest absolute Gasteiger partial charge is 0.240 e. The lowest BCUT2D eigenvalue weighted by Crippen LogP contribution is -2.56. The highest BCUT2D eigenvalue weighted by Crippen LogP contribution is 2.38. The molecule has 4 rings (SSSR count). The number of rotatable bonds is 3. The highest BCUT2D eigenvalue weighted by atomic mass is 32.2. The number of benzene rings is 2. The summed E-state index contributed by atoms with van der Waals surface area (Å²) in [5, 5.41) is 13.7. The molecule has 150 valence electrons. The third-order valence-corrected chi connectivity index (χ3v) is 6.44. The fourth-order valence-electron chi connectivity index (χ4n) is 3.36. The molecule has 2 heterocycles. The van der Waals surface area contributed by atoms with Crippen LogP contribution >= 0.6 is 24.0 Å². The molecule has 6 N–H and O–H groups in total. The molecule has 8 nitrogen and oxygen atoms in total. The molecule has 0 fully saturated rings. The number of hydrogen-bond acceptors (Lipinski definition) is 6. The molecular weight excluding hydrogens is 428 g/mol. The van der Waals surface area contributed by atoms with Gasteiger partial charge in [-0.1, -0.05) is 30.3 Å². The van der Waals surface area contributed by atoms with Crippen molar-refractivity contribution in [1.82, 2.24) is 15.3 Å². The molecule has 2 aromatic carbocycles. The summed E-state index contributed by atoms with van der Waals surface area (Å²) in [6, 6.07) is 14.7. The molecule has 0 saturated heterocycles. The van der Waals surface area contributed by atoms with Gasteiger partial charge in [0.1, 0.15) is 11.1 Å². The minimum atomic E-state index is -4.07. The van der Waals surface area contributed by atoms with Gasteiger partial charge >= 0.3 is 0 Å². The fraction of sp³-hybridized carbons (Fsp3) is 0.111. The number of thiocarbonyl (C=S) groups is 1. The summed E-state index contributed by atoms with van der Waals surface area (Å²) < 4.78 is 27.1. The SMILES string of the molecule is CSc1ccc2c(c1)c(S(N)(=O)=O)c(-c1ccccc1)n2C1=NNC(=S)NC1N. The predicted octanol–water partition coefficient (Wildman–Crippen LogP) is 1.60. The Balaban J connectivity index is 2.18. The van der Waals surface area contributed by atoms with Crippen LogP contribution in [0.3, 0.4) is 0 Å². The number of thioether (sulfide) groups is 1. The van der Waals surface area contributed by atoms with Crippen molar-refractivity contribution in [2.45, 2.75) is 16.0 Å². The van der Waals surface area contributed by atoms with E-state index in [2.05, 4.69) is 15.8 Å². The lowest BCUT2D eigenvalue weighted by Gasteiger charge is -2.25. The first-order valence-corrected chi connectivity index (χ1v) is 11.7. The monoisotopic (exact) mass is 446 g/mol. The molecule has 0 spiro atoms. The van der Waals surface area contributed by atoms with Gasteiger partial charge in [-0.15, -0.1) is 11.8 Å². The number of nitrogens with zero attached hydrogens (tertiary/aromatic N) is 2. The number of sulfonamides is 1. The van der Waals surface area contributed by atoms with Gasteiger partial charge < -0.3 is 11.1 Å². The second-order valence-electron chi connectivity index (χ2n) is 6.34. The minimum Gasteiger partial charge on any atom is -0.339 e. The van der Waals surface area contributed by atoms with Gasteiger partial charge in [-0.25, -0.2) is 13.6 Å². The number of primary sulfonamides is 1. The van der Waals surface area contributed by atoms with Gasteiger partial charge in [0.25, 0.3) is 0 Å². The third kappa shape index (κ3) is 3.51. The zero-order valence-corrected chi connectivity index (χ0v) is 17.7. The first-order valence-electron chi connectivity index (χ1n) is 8.52. The first kappa shape index (κ1) is 19.9. The average molecular weight is 447 g/mol. The molecule has 0 amide bonds. The Labute approximate surface area is 177 Å². The highest BCUT2D eigenvalue weighted by molar-refractivity contribution is 7.98. The average Bonchev–Trinajstić information content (AvgIpc) is 3.03. The molecule has 0 aliphatic carbocycles. The fourth-order valence-corrected chi connectivity index (χ4v) is 4.92. The number of fused-ring (bicyclic) bond motifs is 1. The van der Waals surface area contributed by atoms with Crippen LogP contribution in [0.1, 0.15) is 0 Å². The van der Waals surface area contributed by atoms with E-state index >= 15 is 0 Å². The Morgan fingerprint density at radius 2 is 1.93 bits per heavy atom. The van der Waals surface area contributed by atoms with Crippen LogP contribution in [0.5, 0.6) is 0 Å². The van der Waals surface area contributed by atoms with Gasteiger partial charge in [-0.3, -0.25) is 9.99 Å². The summed E-state index contributed by atoms with van der Waals surface area (Å²) in [6.07, 6.45) is 1.18. The van der Waals surface area contributed by atoms with E-state index in [4.69, 9.17) is 23.1 Å². The molecule has 0 saturated carbocycles. The Hall–Kier alpha value is -2.44. The Bertz CT molecular complexity index is 1250. The molecule has 0 radical (unpaired) electrons. The minimum absolute atomic E-state index is 0.0256. The van der Waals surface area contributed by atoms with Crippen molar-refractivity contribution in [3.05, 3.63) is 48.5 Å². The summed E-state index contributed by atoms with van der Waals surface area (Å²) in [5.41, 5.74) is 10.6. The Morgan fingerprint density at radius 3 is 2.55 bits per heavy atom. The van der Waals surface area contributed by atoms with Gasteiger partial charge in [0, 0.05) is 10.3 Å². The van der Waals surface area contributed by atoms with Crippen LogP contribution in [0.4, 0.5) is 0 Å². The van der Waals surface area contributed by atoms with E-state index in [0.29, 0.717) is 28.0 Å². The van der Waals surface area contributed by atoms with E-state index < -0.39 is 16.2 Å². The van der Waals surface area contributed by atoms with Crippen molar-refractivity contribution in [2.24, 2.45) is 16.0 Å². The Kier molecular flexibility index (Phi) is 5.09. The normalized spacial score (nSPS) is 17.0.